The topological polar surface area (TPSA) is 48.0 Å². The molecule has 5 nitrogen and oxygen atoms in total. The summed E-state index contributed by atoms with van der Waals surface area (Å²) in [6, 6.07) is 11.9. The molecule has 1 amide bonds. The summed E-state index contributed by atoms with van der Waals surface area (Å²) >= 11 is 3.34. The van der Waals surface area contributed by atoms with E-state index in [0.717, 1.165) is 5.56 Å². The highest BCUT2D eigenvalue weighted by atomic mass is 32.1. The lowest BCUT2D eigenvalue weighted by molar-refractivity contribution is -0.132. The van der Waals surface area contributed by atoms with Gasteiger partial charge in [0.1, 0.15) is 0 Å². The van der Waals surface area contributed by atoms with Crippen molar-refractivity contribution in [3.05, 3.63) is 62.5 Å². The molecule has 2 heterocycles. The highest BCUT2D eigenvalue weighted by Gasteiger charge is 2.19. The molecule has 0 saturated carbocycles. The average Bonchev–Trinajstić information content (AvgIpc) is 3.44. The molecule has 3 rings (SSSR count). The molecule has 1 aromatic carbocycles. The van der Waals surface area contributed by atoms with Gasteiger partial charge in [-0.15, -0.1) is 22.7 Å². The quantitative estimate of drug-likeness (QED) is 0.453. The first kappa shape index (κ1) is 21.2. The molecule has 0 aliphatic heterocycles. The Labute approximate surface area is 179 Å². The maximum absolute atomic E-state index is 13.1. The van der Waals surface area contributed by atoms with E-state index in [2.05, 4.69) is 12.1 Å². The van der Waals surface area contributed by atoms with Gasteiger partial charge in [0.15, 0.2) is 11.5 Å². The van der Waals surface area contributed by atoms with Crippen molar-refractivity contribution in [3.63, 3.8) is 0 Å². The molecule has 154 valence electrons. The highest BCUT2D eigenvalue weighted by Crippen LogP contribution is 2.40. The van der Waals surface area contributed by atoms with Gasteiger partial charge < -0.3 is 19.1 Å². The van der Waals surface area contributed by atoms with E-state index in [0.29, 0.717) is 43.2 Å². The number of aryl methyl sites for hydroxylation is 1. The lowest BCUT2D eigenvalue weighted by Gasteiger charge is -2.22. The molecule has 0 N–H and O–H groups in total. The van der Waals surface area contributed by atoms with Crippen molar-refractivity contribution in [3.8, 4) is 17.2 Å². The van der Waals surface area contributed by atoms with Crippen molar-refractivity contribution in [1.82, 2.24) is 4.90 Å². The summed E-state index contributed by atoms with van der Waals surface area (Å²) in [5, 5.41) is 4.08. The predicted molar refractivity (Wildman–Crippen MR) is 117 cm³/mol. The van der Waals surface area contributed by atoms with E-state index < -0.39 is 0 Å². The summed E-state index contributed by atoms with van der Waals surface area (Å²) in [6.45, 7) is 1.24. The standard InChI is InChI=1S/C22H25NO4S2/c1-25-19-10-8-16(21(26-2)22(19)27-3)9-11-20(24)23(14-17-6-4-12-28-17)15-18-7-5-13-29-18/h4-8,10,12-13H,9,11,14-15H2,1-3H3. The molecular weight excluding hydrogens is 406 g/mol. The lowest BCUT2D eigenvalue weighted by Crippen LogP contribution is -2.29. The summed E-state index contributed by atoms with van der Waals surface area (Å²) in [6.07, 6.45) is 0.955. The Balaban J connectivity index is 1.74. The van der Waals surface area contributed by atoms with Crippen LogP contribution in [0.4, 0.5) is 0 Å². The van der Waals surface area contributed by atoms with E-state index in [1.54, 1.807) is 44.0 Å². The highest BCUT2D eigenvalue weighted by molar-refractivity contribution is 7.10. The van der Waals surface area contributed by atoms with Crippen LogP contribution in [0.15, 0.2) is 47.2 Å². The van der Waals surface area contributed by atoms with Gasteiger partial charge in [-0.1, -0.05) is 18.2 Å². The smallest absolute Gasteiger partial charge is 0.223 e. The predicted octanol–water partition coefficient (Wildman–Crippen LogP) is 5.00. The number of thiophene rings is 2. The Morgan fingerprint density at radius 3 is 1.97 bits per heavy atom. The van der Waals surface area contributed by atoms with Crippen molar-refractivity contribution >= 4 is 28.6 Å². The van der Waals surface area contributed by atoms with Crippen molar-refractivity contribution in [2.75, 3.05) is 21.3 Å². The minimum Gasteiger partial charge on any atom is -0.493 e. The minimum atomic E-state index is 0.114. The van der Waals surface area contributed by atoms with Gasteiger partial charge in [-0.2, -0.15) is 0 Å². The fraction of sp³-hybridized carbons (Fsp3) is 0.318. The van der Waals surface area contributed by atoms with Crippen LogP contribution < -0.4 is 14.2 Å². The zero-order valence-corrected chi connectivity index (χ0v) is 18.5. The molecule has 0 atom stereocenters. The molecule has 0 spiro atoms. The number of carbonyl (C=O) groups excluding carboxylic acids is 1. The molecule has 29 heavy (non-hydrogen) atoms. The molecule has 0 unspecified atom stereocenters. The van der Waals surface area contributed by atoms with Crippen LogP contribution in [0.5, 0.6) is 17.2 Å². The van der Waals surface area contributed by atoms with Gasteiger partial charge in [0.05, 0.1) is 34.4 Å². The summed E-state index contributed by atoms with van der Waals surface area (Å²) in [5.74, 6) is 1.89. The van der Waals surface area contributed by atoms with Gasteiger partial charge in [0.2, 0.25) is 11.7 Å². The molecule has 0 aliphatic carbocycles. The SMILES string of the molecule is COc1ccc(CCC(=O)N(Cc2cccs2)Cc2cccs2)c(OC)c1OC. The minimum absolute atomic E-state index is 0.114. The molecule has 0 bridgehead atoms. The van der Waals surface area contributed by atoms with Gasteiger partial charge in [-0.3, -0.25) is 4.79 Å². The number of amides is 1. The van der Waals surface area contributed by atoms with E-state index in [1.165, 1.54) is 9.75 Å². The van der Waals surface area contributed by atoms with Crippen LogP contribution in [0.2, 0.25) is 0 Å². The number of hydrogen-bond donors (Lipinski definition) is 0. The van der Waals surface area contributed by atoms with Crippen LogP contribution in [0.25, 0.3) is 0 Å². The Morgan fingerprint density at radius 1 is 0.862 bits per heavy atom. The van der Waals surface area contributed by atoms with E-state index in [1.807, 2.05) is 39.9 Å². The van der Waals surface area contributed by atoms with Crippen molar-refractivity contribution < 1.29 is 19.0 Å². The third-order valence-corrected chi connectivity index (χ3v) is 6.32. The van der Waals surface area contributed by atoms with Crippen molar-refractivity contribution in [1.29, 1.82) is 0 Å². The molecular formula is C22H25NO4S2. The van der Waals surface area contributed by atoms with Crippen LogP contribution in [-0.4, -0.2) is 32.1 Å². The first-order valence-electron chi connectivity index (χ1n) is 9.26. The molecule has 0 aliphatic rings. The molecule has 3 aromatic rings. The number of rotatable bonds is 10. The molecule has 0 radical (unpaired) electrons. The van der Waals surface area contributed by atoms with Crippen LogP contribution in [-0.2, 0) is 24.3 Å². The number of nitrogens with zero attached hydrogens (tertiary/aromatic N) is 1. The Kier molecular flexibility index (Phi) is 7.55. The van der Waals surface area contributed by atoms with Gasteiger partial charge in [-0.05, 0) is 40.9 Å². The van der Waals surface area contributed by atoms with Crippen molar-refractivity contribution in [2.45, 2.75) is 25.9 Å². The number of benzene rings is 1. The second kappa shape index (κ2) is 10.3. The van der Waals surface area contributed by atoms with Gasteiger partial charge in [0, 0.05) is 16.2 Å². The number of methoxy groups -OCH3 is 3. The van der Waals surface area contributed by atoms with Crippen LogP contribution in [0.3, 0.4) is 0 Å². The van der Waals surface area contributed by atoms with Crippen LogP contribution in [0.1, 0.15) is 21.7 Å². The van der Waals surface area contributed by atoms with Crippen LogP contribution in [0, 0.1) is 0 Å². The first-order chi connectivity index (χ1) is 14.2. The molecule has 2 aromatic heterocycles. The molecule has 0 fully saturated rings. The average molecular weight is 432 g/mol. The van der Waals surface area contributed by atoms with Crippen LogP contribution >= 0.6 is 22.7 Å². The number of ether oxygens (including phenoxy) is 3. The summed E-state index contributed by atoms with van der Waals surface area (Å²) in [7, 11) is 4.77. The summed E-state index contributed by atoms with van der Waals surface area (Å²) < 4.78 is 16.3. The number of carbonyl (C=O) groups is 1. The van der Waals surface area contributed by atoms with Gasteiger partial charge >= 0.3 is 0 Å². The van der Waals surface area contributed by atoms with E-state index in [4.69, 9.17) is 14.2 Å². The zero-order valence-electron chi connectivity index (χ0n) is 16.8. The maximum Gasteiger partial charge on any atom is 0.223 e. The van der Waals surface area contributed by atoms with E-state index >= 15 is 0 Å². The fourth-order valence-corrected chi connectivity index (χ4v) is 4.61. The first-order valence-corrected chi connectivity index (χ1v) is 11.0. The molecule has 7 heteroatoms. The molecule has 0 saturated heterocycles. The fourth-order valence-electron chi connectivity index (χ4n) is 3.17. The maximum atomic E-state index is 13.1. The second-order valence-electron chi connectivity index (χ2n) is 6.40. The normalized spacial score (nSPS) is 10.6. The summed E-state index contributed by atoms with van der Waals surface area (Å²) in [4.78, 5) is 17.4. The third-order valence-electron chi connectivity index (χ3n) is 4.60. The van der Waals surface area contributed by atoms with Gasteiger partial charge in [0.25, 0.3) is 0 Å². The number of hydrogen-bond acceptors (Lipinski definition) is 6. The second-order valence-corrected chi connectivity index (χ2v) is 8.47. The van der Waals surface area contributed by atoms with Crippen molar-refractivity contribution in [2.24, 2.45) is 0 Å². The Morgan fingerprint density at radius 2 is 1.48 bits per heavy atom. The summed E-state index contributed by atoms with van der Waals surface area (Å²) in [5.41, 5.74) is 0.922. The Hall–Kier alpha value is -2.51. The largest absolute Gasteiger partial charge is 0.493 e. The van der Waals surface area contributed by atoms with Gasteiger partial charge in [-0.25, -0.2) is 0 Å². The van der Waals surface area contributed by atoms with E-state index in [9.17, 15) is 4.79 Å². The zero-order chi connectivity index (χ0) is 20.6. The third kappa shape index (κ3) is 5.31. The Bertz CT molecular complexity index is 871. The monoisotopic (exact) mass is 431 g/mol. The lowest BCUT2D eigenvalue weighted by atomic mass is 10.1. The van der Waals surface area contributed by atoms with E-state index in [-0.39, 0.29) is 5.91 Å².